The summed E-state index contributed by atoms with van der Waals surface area (Å²) >= 11 is 0. The van der Waals surface area contributed by atoms with Crippen molar-refractivity contribution < 1.29 is 19.1 Å². The van der Waals surface area contributed by atoms with Crippen LogP contribution in [0.5, 0.6) is 0 Å². The summed E-state index contributed by atoms with van der Waals surface area (Å²) in [6.45, 7) is 10.1. The molecule has 9 rings (SSSR count). The number of carbonyl (C=O) groups excluding carboxylic acids is 2. The van der Waals surface area contributed by atoms with Crippen molar-refractivity contribution in [3.63, 3.8) is 0 Å². The predicted molar refractivity (Wildman–Crippen MR) is 536 cm³/mol. The molecule has 4 nitrogen and oxygen atoms in total. The summed E-state index contributed by atoms with van der Waals surface area (Å²) in [5.74, 6) is -0.404. The number of aryl methyl sites for hydroxylation is 2. The maximum absolute atomic E-state index is 14.4. The number of carbonyl (C=O) groups is 2. The van der Waals surface area contributed by atoms with Gasteiger partial charge >= 0.3 is 11.9 Å². The Balaban J connectivity index is 0.887. The topological polar surface area (TPSA) is 52.6 Å². The Morgan fingerprint density at radius 1 is 0.197 bits per heavy atom. The molecule has 0 aromatic heterocycles. The predicted octanol–water partition coefficient (Wildman–Crippen LogP) is 38.8. The van der Waals surface area contributed by atoms with Crippen molar-refractivity contribution in [2.24, 2.45) is 0 Å². The van der Waals surface area contributed by atoms with Crippen LogP contribution in [0.25, 0.3) is 87.6 Å². The van der Waals surface area contributed by atoms with E-state index in [-0.39, 0.29) is 11.9 Å². The lowest BCUT2D eigenvalue weighted by atomic mass is 9.83. The third-order valence-electron chi connectivity index (χ3n) is 27.3. The van der Waals surface area contributed by atoms with Crippen molar-refractivity contribution in [1.29, 1.82) is 0 Å². The molecule has 0 saturated carbocycles. The average molecular weight is 1650 g/mol. The SMILES string of the molecule is CCCCCCCCCCCCCCCCCCOC(=O)c1cc(CCCCCCCCCCCCCCCCCC)cc(-c2ccccc2-c2ccc3c4cccc5c(-c6ccccc6-c6cc(CCCCCCCCCCCCCCCCCC)cc(C(=O)OCCCCCCCCCCCCCCCCCC)c6)ccc(c6cccc2c63)c54)c1. The van der Waals surface area contributed by atoms with Gasteiger partial charge in [-0.25, -0.2) is 9.59 Å². The highest BCUT2D eigenvalue weighted by Crippen LogP contribution is 2.48. The standard InChI is InChI=1S/C118H172O4/c1-5-9-13-17-21-25-29-33-37-41-45-49-53-57-61-65-75-97-91-99(95-101(93-97)117(119)121-89-71-63-59-55-51-47-43-39-35-31-27-23-19-15-11-7-3)103-77-67-69-79-105(103)107-85-87-113-112-84-74-82-110-108(86-88-114(116(110)112)111-83-73-81-109(107)115(111)113)106-80-70-68-78-104(106)100-92-98(76-66-62-58-54-50-46-42-38-34-30-26-22-18-14-10-6-2)94-102(96-100)118(120)122-90-72-64-60-56-52-48-44-40-36-32-28-24-20-16-12-8-4/h67-70,73-74,77-88,91-96H,5-66,71-72,75-76,89-90H2,1-4H3. The fourth-order valence-corrected chi connectivity index (χ4v) is 19.9. The molecule has 0 radical (unpaired) electrons. The number of unbranched alkanes of at least 4 members (excludes halogenated alkanes) is 60. The van der Waals surface area contributed by atoms with Gasteiger partial charge in [0.05, 0.1) is 24.3 Å². The van der Waals surface area contributed by atoms with Gasteiger partial charge in [-0.1, -0.05) is 534 Å². The smallest absolute Gasteiger partial charge is 0.338 e. The van der Waals surface area contributed by atoms with E-state index in [1.165, 1.54) is 449 Å². The summed E-state index contributed by atoms with van der Waals surface area (Å²) in [7, 11) is 0. The number of esters is 2. The number of benzene rings is 9. The van der Waals surface area contributed by atoms with Crippen molar-refractivity contribution in [3.8, 4) is 44.5 Å². The quantitative estimate of drug-likeness (QED) is 0.0165. The molecule has 0 N–H and O–H groups in total. The molecule has 0 amide bonds. The van der Waals surface area contributed by atoms with E-state index < -0.39 is 0 Å². The van der Waals surface area contributed by atoms with E-state index in [0.29, 0.717) is 24.3 Å². The molecular formula is C118H172O4. The molecule has 0 fully saturated rings. The molecule has 0 atom stereocenters. The van der Waals surface area contributed by atoms with E-state index in [2.05, 4.69) is 173 Å². The van der Waals surface area contributed by atoms with Crippen molar-refractivity contribution in [1.82, 2.24) is 0 Å². The highest BCUT2D eigenvalue weighted by atomic mass is 16.5. The van der Waals surface area contributed by atoms with Crippen LogP contribution in [-0.2, 0) is 22.3 Å². The highest BCUT2D eigenvalue weighted by Gasteiger charge is 2.23. The second-order valence-corrected chi connectivity index (χ2v) is 37.7. The number of hydrogen-bond acceptors (Lipinski definition) is 4. The van der Waals surface area contributed by atoms with E-state index in [1.807, 2.05) is 0 Å². The van der Waals surface area contributed by atoms with Crippen molar-refractivity contribution in [2.75, 3.05) is 13.2 Å². The van der Waals surface area contributed by atoms with Gasteiger partial charge in [-0.15, -0.1) is 0 Å². The van der Waals surface area contributed by atoms with Gasteiger partial charge in [0.25, 0.3) is 0 Å². The van der Waals surface area contributed by atoms with E-state index in [1.54, 1.807) is 0 Å². The normalized spacial score (nSPS) is 11.8. The largest absolute Gasteiger partial charge is 0.462 e. The van der Waals surface area contributed by atoms with Crippen molar-refractivity contribution in [2.45, 2.75) is 451 Å². The van der Waals surface area contributed by atoms with Crippen LogP contribution in [0.4, 0.5) is 0 Å². The first kappa shape index (κ1) is 99.0. The number of ether oxygens (including phenoxy) is 2. The molecule has 122 heavy (non-hydrogen) atoms. The van der Waals surface area contributed by atoms with Crippen LogP contribution < -0.4 is 0 Å². The first-order chi connectivity index (χ1) is 60.4. The lowest BCUT2D eigenvalue weighted by Crippen LogP contribution is -2.08. The van der Waals surface area contributed by atoms with Crippen LogP contribution in [0, 0.1) is 0 Å². The maximum atomic E-state index is 14.4. The van der Waals surface area contributed by atoms with Gasteiger partial charge in [0.15, 0.2) is 0 Å². The van der Waals surface area contributed by atoms with Gasteiger partial charge in [0.1, 0.15) is 0 Å². The van der Waals surface area contributed by atoms with Crippen molar-refractivity contribution >= 4 is 55.0 Å². The fourth-order valence-electron chi connectivity index (χ4n) is 19.9. The number of hydrogen-bond donors (Lipinski definition) is 0. The van der Waals surface area contributed by atoms with E-state index >= 15 is 0 Å². The van der Waals surface area contributed by atoms with Crippen molar-refractivity contribution in [3.05, 3.63) is 168 Å². The molecule has 0 unspecified atom stereocenters. The molecule has 0 spiro atoms. The second kappa shape index (κ2) is 62.4. The summed E-state index contributed by atoms with van der Waals surface area (Å²) in [6, 6.07) is 54.5. The summed E-state index contributed by atoms with van der Waals surface area (Å²) in [4.78, 5) is 28.8. The Kier molecular flexibility index (Phi) is 50.6. The highest BCUT2D eigenvalue weighted by molar-refractivity contribution is 6.35. The Bertz CT molecular complexity index is 3950. The third-order valence-corrected chi connectivity index (χ3v) is 27.3. The lowest BCUT2D eigenvalue weighted by molar-refractivity contribution is 0.0488. The Morgan fingerprint density at radius 2 is 0.418 bits per heavy atom. The van der Waals surface area contributed by atoms with Gasteiger partial charge in [-0.2, -0.15) is 0 Å². The fraction of sp³-hybridized carbons (Fsp3) is 0.610. The zero-order chi connectivity index (χ0) is 85.2. The minimum absolute atomic E-state index is 0.202. The Morgan fingerprint density at radius 3 is 0.680 bits per heavy atom. The molecule has 9 aromatic carbocycles. The molecule has 0 heterocycles. The zero-order valence-corrected chi connectivity index (χ0v) is 78.6. The van der Waals surface area contributed by atoms with Crippen LogP contribution in [0.15, 0.2) is 146 Å². The number of fused-ring (bicyclic) bond motifs is 2. The molecule has 0 aliphatic heterocycles. The van der Waals surface area contributed by atoms with Crippen LogP contribution in [0.3, 0.4) is 0 Å². The molecule has 0 aliphatic carbocycles. The maximum Gasteiger partial charge on any atom is 0.338 e. The summed E-state index contributed by atoms with van der Waals surface area (Å²) in [6.07, 6.45) is 87.3. The first-order valence-corrected chi connectivity index (χ1v) is 52.4. The Hall–Kier alpha value is -6.78. The second-order valence-electron chi connectivity index (χ2n) is 37.7. The average Bonchev–Trinajstić information content (AvgIpc) is 0.708. The number of rotatable bonds is 74. The minimum Gasteiger partial charge on any atom is -0.462 e. The van der Waals surface area contributed by atoms with Gasteiger partial charge in [0.2, 0.25) is 0 Å². The van der Waals surface area contributed by atoms with Gasteiger partial charge in [-0.05, 0) is 162 Å². The van der Waals surface area contributed by atoms with Crippen LogP contribution >= 0.6 is 0 Å². The van der Waals surface area contributed by atoms with Crippen LogP contribution in [-0.4, -0.2) is 25.2 Å². The molecule has 4 heteroatoms. The zero-order valence-electron chi connectivity index (χ0n) is 78.6. The monoisotopic (exact) mass is 1650 g/mol. The molecule has 668 valence electrons. The first-order valence-electron chi connectivity index (χ1n) is 52.4. The Labute approximate surface area is 746 Å². The molecule has 0 saturated heterocycles. The van der Waals surface area contributed by atoms with E-state index in [0.717, 1.165) is 73.6 Å². The minimum atomic E-state index is -0.202. The van der Waals surface area contributed by atoms with E-state index in [9.17, 15) is 9.59 Å². The summed E-state index contributed by atoms with van der Waals surface area (Å²) in [5.41, 5.74) is 12.9. The molecule has 0 bridgehead atoms. The summed E-state index contributed by atoms with van der Waals surface area (Å²) < 4.78 is 12.4. The van der Waals surface area contributed by atoms with Gasteiger partial charge < -0.3 is 9.47 Å². The van der Waals surface area contributed by atoms with Crippen LogP contribution in [0.1, 0.15) is 470 Å². The lowest BCUT2D eigenvalue weighted by Gasteiger charge is -2.20. The third kappa shape index (κ3) is 35.9. The molecule has 0 aliphatic rings. The molecule has 9 aromatic rings. The summed E-state index contributed by atoms with van der Waals surface area (Å²) in [5, 5.41) is 10.0. The molecular weight excluding hydrogens is 1480 g/mol. The van der Waals surface area contributed by atoms with Gasteiger partial charge in [-0.3, -0.25) is 0 Å². The van der Waals surface area contributed by atoms with Crippen LogP contribution in [0.2, 0.25) is 0 Å². The van der Waals surface area contributed by atoms with Gasteiger partial charge in [0, 0.05) is 0 Å². The van der Waals surface area contributed by atoms with E-state index in [4.69, 9.17) is 9.47 Å².